The number of carbonyl (C=O) groups excluding carboxylic acids is 1. The van der Waals surface area contributed by atoms with Crippen molar-refractivity contribution in [2.75, 3.05) is 7.11 Å². The van der Waals surface area contributed by atoms with E-state index in [-0.39, 0.29) is 11.7 Å². The summed E-state index contributed by atoms with van der Waals surface area (Å²) in [6.45, 7) is 0. The first kappa shape index (κ1) is 15.1. The fraction of sp³-hybridized carbons (Fsp3) is 0.0667. The maximum absolute atomic E-state index is 11.8. The molecule has 0 fully saturated rings. The molecule has 5 nitrogen and oxygen atoms in total. The first-order valence-corrected chi connectivity index (χ1v) is 6.86. The molecule has 0 heterocycles. The lowest BCUT2D eigenvalue weighted by molar-refractivity contribution is 0.0955. The third-order valence-corrected chi connectivity index (χ3v) is 3.26. The number of hydrazone groups is 1. The van der Waals surface area contributed by atoms with E-state index in [1.807, 2.05) is 6.07 Å². The largest absolute Gasteiger partial charge is 0.504 e. The normalized spacial score (nSPS) is 10.6. The van der Waals surface area contributed by atoms with Crippen LogP contribution in [0, 0.1) is 0 Å². The molecule has 2 N–H and O–H groups in total. The van der Waals surface area contributed by atoms with E-state index in [2.05, 4.69) is 26.5 Å². The Morgan fingerprint density at radius 1 is 1.33 bits per heavy atom. The van der Waals surface area contributed by atoms with Gasteiger partial charge in [-0.2, -0.15) is 5.10 Å². The van der Waals surface area contributed by atoms with E-state index in [0.29, 0.717) is 21.3 Å². The summed E-state index contributed by atoms with van der Waals surface area (Å²) < 4.78 is 5.62. The number of nitrogens with one attached hydrogen (secondary N) is 1. The molecule has 2 rings (SSSR count). The fourth-order valence-electron chi connectivity index (χ4n) is 1.70. The SMILES string of the molecule is COc1c(O)cc(/C=N\NC(=O)c2ccccc2)cc1Br. The summed E-state index contributed by atoms with van der Waals surface area (Å²) in [6, 6.07) is 12.0. The molecule has 0 aromatic heterocycles. The number of nitrogens with zero attached hydrogens (tertiary/aromatic N) is 1. The first-order chi connectivity index (χ1) is 10.1. The summed E-state index contributed by atoms with van der Waals surface area (Å²) in [5, 5.41) is 13.6. The molecule has 0 unspecified atom stereocenters. The average molecular weight is 349 g/mol. The van der Waals surface area contributed by atoms with Crippen LogP contribution in [0.4, 0.5) is 0 Å². The second-order valence-corrected chi connectivity index (χ2v) is 4.97. The molecule has 21 heavy (non-hydrogen) atoms. The molecule has 0 aliphatic carbocycles. The predicted molar refractivity (Wildman–Crippen MR) is 83.9 cm³/mol. The van der Waals surface area contributed by atoms with Crippen LogP contribution in [0.1, 0.15) is 15.9 Å². The smallest absolute Gasteiger partial charge is 0.271 e. The number of rotatable bonds is 4. The zero-order valence-corrected chi connectivity index (χ0v) is 12.8. The highest BCUT2D eigenvalue weighted by Crippen LogP contribution is 2.34. The summed E-state index contributed by atoms with van der Waals surface area (Å²) in [5.41, 5.74) is 3.56. The van der Waals surface area contributed by atoms with Crippen molar-refractivity contribution in [3.05, 3.63) is 58.1 Å². The molecule has 0 radical (unpaired) electrons. The number of carbonyl (C=O) groups is 1. The molecule has 1 amide bonds. The van der Waals surface area contributed by atoms with Gasteiger partial charge in [-0.05, 0) is 45.8 Å². The van der Waals surface area contributed by atoms with Crippen molar-refractivity contribution >= 4 is 28.1 Å². The molecule has 0 aliphatic heterocycles. The third-order valence-electron chi connectivity index (χ3n) is 2.67. The second kappa shape index (κ2) is 6.90. The molecule has 0 saturated carbocycles. The number of methoxy groups -OCH3 is 1. The zero-order valence-electron chi connectivity index (χ0n) is 11.2. The van der Waals surface area contributed by atoms with Crippen LogP contribution in [0.25, 0.3) is 0 Å². The molecule has 0 spiro atoms. The number of hydrogen-bond acceptors (Lipinski definition) is 4. The lowest BCUT2D eigenvalue weighted by Gasteiger charge is -2.06. The summed E-state index contributed by atoms with van der Waals surface area (Å²) in [4.78, 5) is 11.8. The quantitative estimate of drug-likeness (QED) is 0.659. The van der Waals surface area contributed by atoms with Crippen LogP contribution in [-0.2, 0) is 0 Å². The highest BCUT2D eigenvalue weighted by Gasteiger charge is 2.08. The fourth-order valence-corrected chi connectivity index (χ4v) is 2.32. The van der Waals surface area contributed by atoms with Gasteiger partial charge in [-0.25, -0.2) is 5.43 Å². The second-order valence-electron chi connectivity index (χ2n) is 4.12. The van der Waals surface area contributed by atoms with Crippen molar-refractivity contribution in [1.29, 1.82) is 0 Å². The number of halogens is 1. The first-order valence-electron chi connectivity index (χ1n) is 6.06. The number of benzene rings is 2. The van der Waals surface area contributed by atoms with E-state index >= 15 is 0 Å². The van der Waals surface area contributed by atoms with Gasteiger partial charge in [0.15, 0.2) is 11.5 Å². The van der Waals surface area contributed by atoms with Crippen LogP contribution >= 0.6 is 15.9 Å². The van der Waals surface area contributed by atoms with Crippen molar-refractivity contribution < 1.29 is 14.6 Å². The summed E-state index contributed by atoms with van der Waals surface area (Å²) in [7, 11) is 1.47. The van der Waals surface area contributed by atoms with Gasteiger partial charge in [0.1, 0.15) is 0 Å². The van der Waals surface area contributed by atoms with Crippen LogP contribution in [0.5, 0.6) is 11.5 Å². The van der Waals surface area contributed by atoms with Gasteiger partial charge in [0.25, 0.3) is 5.91 Å². The summed E-state index contributed by atoms with van der Waals surface area (Å²) in [5.74, 6) is 0.0341. The Labute approximate surface area is 130 Å². The van der Waals surface area contributed by atoms with E-state index in [0.717, 1.165) is 0 Å². The maximum Gasteiger partial charge on any atom is 0.271 e. The number of hydrogen-bond donors (Lipinski definition) is 2. The lowest BCUT2D eigenvalue weighted by Crippen LogP contribution is -2.17. The Hall–Kier alpha value is -2.34. The Kier molecular flexibility index (Phi) is 4.94. The zero-order chi connectivity index (χ0) is 15.2. The molecule has 108 valence electrons. The summed E-state index contributed by atoms with van der Waals surface area (Å²) in [6.07, 6.45) is 1.44. The molecule has 0 atom stereocenters. The molecule has 6 heteroatoms. The number of amides is 1. The van der Waals surface area contributed by atoms with E-state index in [1.165, 1.54) is 19.4 Å². The Balaban J connectivity index is 2.07. The minimum absolute atomic E-state index is 0.0114. The van der Waals surface area contributed by atoms with Crippen molar-refractivity contribution in [2.45, 2.75) is 0 Å². The van der Waals surface area contributed by atoms with Crippen LogP contribution in [-0.4, -0.2) is 24.3 Å². The van der Waals surface area contributed by atoms with Crippen LogP contribution in [0.2, 0.25) is 0 Å². The van der Waals surface area contributed by atoms with Crippen molar-refractivity contribution in [3.63, 3.8) is 0 Å². The molecule has 2 aromatic carbocycles. The topological polar surface area (TPSA) is 70.9 Å². The van der Waals surface area contributed by atoms with Crippen molar-refractivity contribution in [2.24, 2.45) is 5.10 Å². The monoisotopic (exact) mass is 348 g/mol. The molecule has 0 bridgehead atoms. The molecular formula is C15H13BrN2O3. The standard InChI is InChI=1S/C15H13BrN2O3/c1-21-14-12(16)7-10(8-13(14)19)9-17-18-15(20)11-5-3-2-4-6-11/h2-9,19H,1H3,(H,18,20)/b17-9-. The molecule has 2 aromatic rings. The van der Waals surface area contributed by atoms with Gasteiger partial charge in [0.05, 0.1) is 17.8 Å². The van der Waals surface area contributed by atoms with Gasteiger partial charge >= 0.3 is 0 Å². The van der Waals surface area contributed by atoms with Gasteiger partial charge in [0, 0.05) is 5.56 Å². The van der Waals surface area contributed by atoms with Crippen LogP contribution in [0.15, 0.2) is 52.0 Å². The van der Waals surface area contributed by atoms with Crippen molar-refractivity contribution in [1.82, 2.24) is 5.43 Å². The minimum atomic E-state index is -0.302. The molecular weight excluding hydrogens is 336 g/mol. The Morgan fingerprint density at radius 2 is 2.05 bits per heavy atom. The van der Waals surface area contributed by atoms with Gasteiger partial charge in [0.2, 0.25) is 0 Å². The van der Waals surface area contributed by atoms with Gasteiger partial charge < -0.3 is 9.84 Å². The number of ether oxygens (including phenoxy) is 1. The molecule has 0 saturated heterocycles. The van der Waals surface area contributed by atoms with E-state index in [9.17, 15) is 9.90 Å². The van der Waals surface area contributed by atoms with Gasteiger partial charge in [-0.1, -0.05) is 18.2 Å². The number of phenols is 1. The van der Waals surface area contributed by atoms with E-state index in [4.69, 9.17) is 4.74 Å². The van der Waals surface area contributed by atoms with E-state index < -0.39 is 0 Å². The van der Waals surface area contributed by atoms with Gasteiger partial charge in [-0.15, -0.1) is 0 Å². The van der Waals surface area contributed by atoms with Gasteiger partial charge in [-0.3, -0.25) is 4.79 Å². The van der Waals surface area contributed by atoms with Crippen LogP contribution < -0.4 is 10.2 Å². The Morgan fingerprint density at radius 3 is 2.67 bits per heavy atom. The lowest BCUT2D eigenvalue weighted by atomic mass is 10.2. The van der Waals surface area contributed by atoms with E-state index in [1.54, 1.807) is 30.3 Å². The minimum Gasteiger partial charge on any atom is -0.504 e. The number of phenolic OH excluding ortho intramolecular Hbond substituents is 1. The van der Waals surface area contributed by atoms with Crippen LogP contribution in [0.3, 0.4) is 0 Å². The predicted octanol–water partition coefficient (Wildman–Crippen LogP) is 2.93. The molecule has 0 aliphatic rings. The highest BCUT2D eigenvalue weighted by atomic mass is 79.9. The summed E-state index contributed by atoms with van der Waals surface area (Å²) >= 11 is 3.28. The average Bonchev–Trinajstić information content (AvgIpc) is 2.48. The highest BCUT2D eigenvalue weighted by molar-refractivity contribution is 9.10. The number of aromatic hydroxyl groups is 1. The van der Waals surface area contributed by atoms with Crippen molar-refractivity contribution in [3.8, 4) is 11.5 Å². The Bertz CT molecular complexity index is 649. The maximum atomic E-state index is 11.8. The third kappa shape index (κ3) is 3.82.